The van der Waals surface area contributed by atoms with Crippen molar-refractivity contribution >= 4 is 11.9 Å². The Hall–Kier alpha value is -2.04. The van der Waals surface area contributed by atoms with E-state index in [2.05, 4.69) is 5.32 Å². The summed E-state index contributed by atoms with van der Waals surface area (Å²) in [6.45, 7) is 3.67. The number of nitrogens with one attached hydrogen (secondary N) is 1. The van der Waals surface area contributed by atoms with E-state index in [-0.39, 0.29) is 18.1 Å². The number of phenols is 1. The number of rotatable bonds is 6. The Morgan fingerprint density at radius 1 is 1.37 bits per heavy atom. The lowest BCUT2D eigenvalue weighted by Crippen LogP contribution is -2.36. The number of aryl methyl sites for hydroxylation is 1. The molecule has 0 saturated heterocycles. The third-order valence-electron chi connectivity index (χ3n) is 2.86. The van der Waals surface area contributed by atoms with Crippen LogP contribution in [-0.2, 0) is 4.79 Å². The van der Waals surface area contributed by atoms with Gasteiger partial charge in [-0.1, -0.05) is 19.4 Å². The normalized spacial score (nSPS) is 11.9. The zero-order chi connectivity index (χ0) is 14.4. The van der Waals surface area contributed by atoms with Gasteiger partial charge < -0.3 is 15.5 Å². The molecule has 5 nitrogen and oxygen atoms in total. The summed E-state index contributed by atoms with van der Waals surface area (Å²) in [6.07, 6.45) is 1.30. The molecule has 1 unspecified atom stereocenters. The Bertz CT molecular complexity index is 471. The molecule has 1 amide bonds. The standard InChI is InChI=1S/C14H19NO4/c1-3-4-11(8-13(17)18)15-14(19)10-6-5-9(2)12(16)7-10/h5-7,11,16H,3-4,8H2,1-2H3,(H,15,19)(H,17,18). The maximum Gasteiger partial charge on any atom is 0.305 e. The molecule has 0 saturated carbocycles. The first-order chi connectivity index (χ1) is 8.93. The predicted molar refractivity (Wildman–Crippen MR) is 71.3 cm³/mol. The topological polar surface area (TPSA) is 86.6 Å². The molecule has 0 radical (unpaired) electrons. The van der Waals surface area contributed by atoms with Gasteiger partial charge in [0, 0.05) is 11.6 Å². The van der Waals surface area contributed by atoms with Gasteiger partial charge in [0.25, 0.3) is 5.91 Å². The van der Waals surface area contributed by atoms with E-state index in [4.69, 9.17) is 5.11 Å². The molecular formula is C14H19NO4. The number of hydrogen-bond acceptors (Lipinski definition) is 3. The fourth-order valence-electron chi connectivity index (χ4n) is 1.80. The van der Waals surface area contributed by atoms with Crippen LogP contribution in [0.4, 0.5) is 0 Å². The van der Waals surface area contributed by atoms with Crippen molar-refractivity contribution in [3.05, 3.63) is 29.3 Å². The minimum Gasteiger partial charge on any atom is -0.508 e. The van der Waals surface area contributed by atoms with Crippen LogP contribution in [0.5, 0.6) is 5.75 Å². The van der Waals surface area contributed by atoms with Crippen molar-refractivity contribution < 1.29 is 19.8 Å². The van der Waals surface area contributed by atoms with Crippen LogP contribution in [0, 0.1) is 6.92 Å². The van der Waals surface area contributed by atoms with Crippen molar-refractivity contribution in [2.45, 2.75) is 39.2 Å². The summed E-state index contributed by atoms with van der Waals surface area (Å²) in [7, 11) is 0. The van der Waals surface area contributed by atoms with E-state index < -0.39 is 12.0 Å². The molecule has 19 heavy (non-hydrogen) atoms. The second-order valence-corrected chi connectivity index (χ2v) is 4.56. The number of hydrogen-bond donors (Lipinski definition) is 3. The quantitative estimate of drug-likeness (QED) is 0.735. The van der Waals surface area contributed by atoms with E-state index in [0.717, 1.165) is 6.42 Å². The molecule has 0 aromatic heterocycles. The van der Waals surface area contributed by atoms with Gasteiger partial charge in [-0.3, -0.25) is 9.59 Å². The average molecular weight is 265 g/mol. The summed E-state index contributed by atoms with van der Waals surface area (Å²) in [5.41, 5.74) is 1.02. The average Bonchev–Trinajstić information content (AvgIpc) is 2.32. The number of aromatic hydroxyl groups is 1. The molecule has 5 heteroatoms. The third-order valence-corrected chi connectivity index (χ3v) is 2.86. The molecule has 0 aliphatic heterocycles. The van der Waals surface area contributed by atoms with Crippen LogP contribution in [0.3, 0.4) is 0 Å². The molecule has 3 N–H and O–H groups in total. The van der Waals surface area contributed by atoms with Crippen LogP contribution in [0.25, 0.3) is 0 Å². The number of carbonyl (C=O) groups is 2. The molecule has 0 aliphatic carbocycles. The second-order valence-electron chi connectivity index (χ2n) is 4.56. The first-order valence-electron chi connectivity index (χ1n) is 6.26. The van der Waals surface area contributed by atoms with Gasteiger partial charge in [0.15, 0.2) is 0 Å². The van der Waals surface area contributed by atoms with Gasteiger partial charge >= 0.3 is 5.97 Å². The van der Waals surface area contributed by atoms with Crippen molar-refractivity contribution in [3.63, 3.8) is 0 Å². The largest absolute Gasteiger partial charge is 0.508 e. The zero-order valence-electron chi connectivity index (χ0n) is 11.1. The van der Waals surface area contributed by atoms with Crippen LogP contribution in [-0.4, -0.2) is 28.1 Å². The minimum atomic E-state index is -0.939. The highest BCUT2D eigenvalue weighted by Crippen LogP contribution is 2.17. The fourth-order valence-corrected chi connectivity index (χ4v) is 1.80. The van der Waals surface area contributed by atoms with E-state index in [1.165, 1.54) is 6.07 Å². The number of amides is 1. The third kappa shape index (κ3) is 4.62. The molecule has 0 fully saturated rings. The molecule has 0 aliphatic rings. The van der Waals surface area contributed by atoms with Gasteiger partial charge in [-0.25, -0.2) is 0 Å². The Morgan fingerprint density at radius 3 is 2.58 bits per heavy atom. The summed E-state index contributed by atoms with van der Waals surface area (Å²) in [4.78, 5) is 22.7. The summed E-state index contributed by atoms with van der Waals surface area (Å²) in [6, 6.07) is 4.25. The molecule has 0 spiro atoms. The molecule has 104 valence electrons. The highest BCUT2D eigenvalue weighted by molar-refractivity contribution is 5.95. The first-order valence-corrected chi connectivity index (χ1v) is 6.26. The van der Waals surface area contributed by atoms with Crippen molar-refractivity contribution in [1.29, 1.82) is 0 Å². The van der Waals surface area contributed by atoms with Crippen LogP contribution >= 0.6 is 0 Å². The monoisotopic (exact) mass is 265 g/mol. The molecule has 1 rings (SSSR count). The fraction of sp³-hybridized carbons (Fsp3) is 0.429. The second kappa shape index (κ2) is 6.78. The van der Waals surface area contributed by atoms with E-state index in [9.17, 15) is 14.7 Å². The number of carbonyl (C=O) groups excluding carboxylic acids is 1. The zero-order valence-corrected chi connectivity index (χ0v) is 11.1. The van der Waals surface area contributed by atoms with Crippen LogP contribution in [0.1, 0.15) is 42.1 Å². The summed E-state index contributed by atoms with van der Waals surface area (Å²) in [5.74, 6) is -1.25. The van der Waals surface area contributed by atoms with Gasteiger partial charge in [0.05, 0.1) is 6.42 Å². The summed E-state index contributed by atoms with van der Waals surface area (Å²) in [5, 5.41) is 21.0. The Kier molecular flexibility index (Phi) is 5.36. The number of phenolic OH excluding ortho intramolecular Hbond substituents is 1. The van der Waals surface area contributed by atoms with Crippen molar-refractivity contribution in [2.24, 2.45) is 0 Å². The van der Waals surface area contributed by atoms with Crippen molar-refractivity contribution in [1.82, 2.24) is 5.32 Å². The lowest BCUT2D eigenvalue weighted by Gasteiger charge is -2.16. The number of carboxylic acids is 1. The number of aliphatic carboxylic acids is 1. The summed E-state index contributed by atoms with van der Waals surface area (Å²) < 4.78 is 0. The molecule has 0 bridgehead atoms. The van der Waals surface area contributed by atoms with Gasteiger partial charge in [-0.15, -0.1) is 0 Å². The number of carboxylic acid groups (broad SMARTS) is 1. The van der Waals surface area contributed by atoms with Crippen LogP contribution < -0.4 is 5.32 Å². The van der Waals surface area contributed by atoms with Gasteiger partial charge in [0.2, 0.25) is 0 Å². The minimum absolute atomic E-state index is 0.0536. The van der Waals surface area contributed by atoms with Crippen LogP contribution in [0.15, 0.2) is 18.2 Å². The van der Waals surface area contributed by atoms with E-state index in [1.807, 2.05) is 6.92 Å². The molecule has 1 atom stereocenters. The van der Waals surface area contributed by atoms with E-state index >= 15 is 0 Å². The lowest BCUT2D eigenvalue weighted by atomic mass is 10.1. The SMILES string of the molecule is CCCC(CC(=O)O)NC(=O)c1ccc(C)c(O)c1. The predicted octanol–water partition coefficient (Wildman–Crippen LogP) is 2.07. The van der Waals surface area contributed by atoms with Crippen LogP contribution in [0.2, 0.25) is 0 Å². The molecule has 1 aromatic carbocycles. The van der Waals surface area contributed by atoms with E-state index in [1.54, 1.807) is 19.1 Å². The van der Waals surface area contributed by atoms with Crippen molar-refractivity contribution in [3.8, 4) is 5.75 Å². The Balaban J connectivity index is 2.75. The molecule has 0 heterocycles. The summed E-state index contributed by atoms with van der Waals surface area (Å²) >= 11 is 0. The number of benzene rings is 1. The maximum atomic E-state index is 12.0. The van der Waals surface area contributed by atoms with Crippen molar-refractivity contribution in [2.75, 3.05) is 0 Å². The highest BCUT2D eigenvalue weighted by Gasteiger charge is 2.16. The van der Waals surface area contributed by atoms with Gasteiger partial charge in [-0.2, -0.15) is 0 Å². The highest BCUT2D eigenvalue weighted by atomic mass is 16.4. The smallest absolute Gasteiger partial charge is 0.305 e. The van der Waals surface area contributed by atoms with Gasteiger partial charge in [0.1, 0.15) is 5.75 Å². The molecule has 1 aromatic rings. The Morgan fingerprint density at radius 2 is 2.05 bits per heavy atom. The first kappa shape index (κ1) is 15.0. The van der Waals surface area contributed by atoms with Gasteiger partial charge in [-0.05, 0) is 31.0 Å². The molecular weight excluding hydrogens is 246 g/mol. The Labute approximate surface area is 112 Å². The maximum absolute atomic E-state index is 12.0. The lowest BCUT2D eigenvalue weighted by molar-refractivity contribution is -0.137. The van der Waals surface area contributed by atoms with E-state index in [0.29, 0.717) is 17.5 Å².